The summed E-state index contributed by atoms with van der Waals surface area (Å²) in [5.41, 5.74) is 3.62. The average Bonchev–Trinajstić information content (AvgIpc) is 3.33. The van der Waals surface area contributed by atoms with Crippen molar-refractivity contribution in [2.75, 3.05) is 6.54 Å². The number of aromatic amines is 1. The molecule has 0 bridgehead atoms. The maximum absolute atomic E-state index is 12.4. The molecule has 0 radical (unpaired) electrons. The number of fused-ring (bicyclic) bond motifs is 1. The number of benzene rings is 2. The van der Waals surface area contributed by atoms with Gasteiger partial charge in [-0.05, 0) is 36.0 Å². The van der Waals surface area contributed by atoms with Crippen molar-refractivity contribution in [3.05, 3.63) is 71.9 Å². The molecule has 0 aliphatic heterocycles. The van der Waals surface area contributed by atoms with E-state index >= 15 is 0 Å². The Balaban J connectivity index is 1.55. The van der Waals surface area contributed by atoms with Crippen LogP contribution in [0.3, 0.4) is 0 Å². The number of para-hydroxylation sites is 1. The highest BCUT2D eigenvalue weighted by Crippen LogP contribution is 2.31. The second kappa shape index (κ2) is 7.77. The molecule has 26 heavy (non-hydrogen) atoms. The van der Waals surface area contributed by atoms with E-state index < -0.39 is 0 Å². The zero-order valence-corrected chi connectivity index (χ0v) is 15.1. The number of carbonyl (C=O) groups excluding carboxylic acids is 1. The first kappa shape index (κ1) is 16.9. The molecule has 1 atom stereocenters. The third kappa shape index (κ3) is 3.67. The molecule has 1 saturated carbocycles. The van der Waals surface area contributed by atoms with Gasteiger partial charge in [-0.3, -0.25) is 4.79 Å². The predicted molar refractivity (Wildman–Crippen MR) is 106 cm³/mol. The van der Waals surface area contributed by atoms with Crippen LogP contribution in [-0.4, -0.2) is 17.4 Å². The van der Waals surface area contributed by atoms with Gasteiger partial charge in [0.2, 0.25) is 5.91 Å². The third-order valence-electron chi connectivity index (χ3n) is 5.65. The zero-order chi connectivity index (χ0) is 17.8. The van der Waals surface area contributed by atoms with Crippen molar-refractivity contribution >= 4 is 16.8 Å². The summed E-state index contributed by atoms with van der Waals surface area (Å²) >= 11 is 0. The van der Waals surface area contributed by atoms with Gasteiger partial charge >= 0.3 is 0 Å². The van der Waals surface area contributed by atoms with E-state index in [9.17, 15) is 4.79 Å². The van der Waals surface area contributed by atoms with E-state index in [1.165, 1.54) is 42.2 Å². The van der Waals surface area contributed by atoms with Crippen molar-refractivity contribution in [2.45, 2.75) is 38.0 Å². The fourth-order valence-corrected chi connectivity index (χ4v) is 4.24. The number of nitrogens with one attached hydrogen (secondary N) is 2. The molecule has 1 aliphatic rings. The second-order valence-corrected chi connectivity index (χ2v) is 7.41. The Morgan fingerprint density at radius 3 is 2.58 bits per heavy atom. The van der Waals surface area contributed by atoms with Crippen LogP contribution >= 0.6 is 0 Å². The second-order valence-electron chi connectivity index (χ2n) is 7.41. The molecule has 2 N–H and O–H groups in total. The van der Waals surface area contributed by atoms with Crippen LogP contribution in [0, 0.1) is 5.92 Å². The summed E-state index contributed by atoms with van der Waals surface area (Å²) in [6, 6.07) is 18.8. The Hall–Kier alpha value is -2.55. The number of rotatable bonds is 6. The van der Waals surface area contributed by atoms with Gasteiger partial charge in [-0.1, -0.05) is 61.4 Å². The molecule has 0 spiro atoms. The van der Waals surface area contributed by atoms with E-state index in [4.69, 9.17) is 0 Å². The van der Waals surface area contributed by atoms with Crippen LogP contribution in [0.4, 0.5) is 0 Å². The number of aromatic nitrogens is 1. The van der Waals surface area contributed by atoms with Crippen LogP contribution in [-0.2, 0) is 4.79 Å². The lowest BCUT2D eigenvalue weighted by Gasteiger charge is -2.19. The molecule has 1 unspecified atom stereocenters. The van der Waals surface area contributed by atoms with Gasteiger partial charge in [0.25, 0.3) is 0 Å². The minimum Gasteiger partial charge on any atom is -0.361 e. The number of amides is 1. The SMILES string of the molecule is O=C(CC1CCCC1)NCC(c1ccccc1)c1c[nH]c2ccccc12. The summed E-state index contributed by atoms with van der Waals surface area (Å²) in [7, 11) is 0. The molecule has 4 rings (SSSR count). The van der Waals surface area contributed by atoms with Gasteiger partial charge in [-0.25, -0.2) is 0 Å². The lowest BCUT2D eigenvalue weighted by Crippen LogP contribution is -2.30. The fraction of sp³-hybridized carbons (Fsp3) is 0.348. The van der Waals surface area contributed by atoms with Gasteiger partial charge in [0, 0.05) is 36.0 Å². The van der Waals surface area contributed by atoms with E-state index in [1.807, 2.05) is 12.1 Å². The molecule has 3 nitrogen and oxygen atoms in total. The zero-order valence-electron chi connectivity index (χ0n) is 15.1. The number of hydrogen-bond acceptors (Lipinski definition) is 1. The lowest BCUT2D eigenvalue weighted by molar-refractivity contribution is -0.122. The van der Waals surface area contributed by atoms with Gasteiger partial charge in [0.05, 0.1) is 0 Å². The molecular formula is C23H26N2O. The Morgan fingerprint density at radius 2 is 1.77 bits per heavy atom. The molecule has 1 amide bonds. The van der Waals surface area contributed by atoms with Gasteiger partial charge in [-0.15, -0.1) is 0 Å². The van der Waals surface area contributed by atoms with E-state index in [0.29, 0.717) is 18.9 Å². The highest BCUT2D eigenvalue weighted by Gasteiger charge is 2.21. The molecule has 1 heterocycles. The predicted octanol–water partition coefficient (Wildman–Crippen LogP) is 5.00. The van der Waals surface area contributed by atoms with Crippen molar-refractivity contribution in [3.8, 4) is 0 Å². The van der Waals surface area contributed by atoms with Crippen molar-refractivity contribution in [1.82, 2.24) is 10.3 Å². The largest absolute Gasteiger partial charge is 0.361 e. The van der Waals surface area contributed by atoms with E-state index in [2.05, 4.69) is 59.0 Å². The highest BCUT2D eigenvalue weighted by molar-refractivity contribution is 5.84. The van der Waals surface area contributed by atoms with E-state index in [-0.39, 0.29) is 11.8 Å². The van der Waals surface area contributed by atoms with Crippen LogP contribution < -0.4 is 5.32 Å². The molecule has 3 heteroatoms. The summed E-state index contributed by atoms with van der Waals surface area (Å²) in [4.78, 5) is 15.8. The Morgan fingerprint density at radius 1 is 1.04 bits per heavy atom. The van der Waals surface area contributed by atoms with Crippen molar-refractivity contribution in [3.63, 3.8) is 0 Å². The first-order chi connectivity index (χ1) is 12.8. The van der Waals surface area contributed by atoms with Crippen molar-refractivity contribution < 1.29 is 4.79 Å². The molecule has 1 fully saturated rings. The van der Waals surface area contributed by atoms with Crippen molar-refractivity contribution in [2.24, 2.45) is 5.92 Å². The summed E-state index contributed by atoms with van der Waals surface area (Å²) in [6.45, 7) is 0.636. The van der Waals surface area contributed by atoms with Crippen molar-refractivity contribution in [1.29, 1.82) is 0 Å². The van der Waals surface area contributed by atoms with Crippen LogP contribution in [0.15, 0.2) is 60.8 Å². The van der Waals surface area contributed by atoms with Gasteiger partial charge in [0.15, 0.2) is 0 Å². The standard InChI is InChI=1S/C23H26N2O/c26-23(14-17-8-4-5-9-17)25-15-20(18-10-2-1-3-11-18)21-16-24-22-13-7-6-12-19(21)22/h1-3,6-7,10-13,16-17,20,24H,4-5,8-9,14-15H2,(H,25,26). The fourth-order valence-electron chi connectivity index (χ4n) is 4.24. The number of carbonyl (C=O) groups is 1. The first-order valence-corrected chi connectivity index (χ1v) is 9.69. The van der Waals surface area contributed by atoms with Crippen LogP contribution in [0.25, 0.3) is 10.9 Å². The van der Waals surface area contributed by atoms with E-state index in [0.717, 1.165) is 5.52 Å². The normalized spacial score (nSPS) is 16.0. The van der Waals surface area contributed by atoms with Crippen LogP contribution in [0.2, 0.25) is 0 Å². The number of hydrogen-bond donors (Lipinski definition) is 2. The summed E-state index contributed by atoms with van der Waals surface area (Å²) in [5, 5.41) is 4.44. The summed E-state index contributed by atoms with van der Waals surface area (Å²) in [5.74, 6) is 0.927. The topological polar surface area (TPSA) is 44.9 Å². The first-order valence-electron chi connectivity index (χ1n) is 9.69. The van der Waals surface area contributed by atoms with E-state index in [1.54, 1.807) is 0 Å². The van der Waals surface area contributed by atoms with Gasteiger partial charge in [0.1, 0.15) is 0 Å². The maximum atomic E-state index is 12.4. The number of H-pyrrole nitrogens is 1. The average molecular weight is 346 g/mol. The molecular weight excluding hydrogens is 320 g/mol. The Bertz CT molecular complexity index is 862. The molecule has 1 aromatic heterocycles. The lowest BCUT2D eigenvalue weighted by atomic mass is 9.90. The minimum atomic E-state index is 0.153. The quantitative estimate of drug-likeness (QED) is 0.648. The smallest absolute Gasteiger partial charge is 0.220 e. The third-order valence-corrected chi connectivity index (χ3v) is 5.65. The summed E-state index contributed by atoms with van der Waals surface area (Å²) in [6.07, 6.45) is 7.73. The Kier molecular flexibility index (Phi) is 5.05. The molecule has 0 saturated heterocycles. The monoisotopic (exact) mass is 346 g/mol. The molecule has 3 aromatic rings. The summed E-state index contributed by atoms with van der Waals surface area (Å²) < 4.78 is 0. The molecule has 134 valence electrons. The maximum Gasteiger partial charge on any atom is 0.220 e. The molecule has 2 aromatic carbocycles. The van der Waals surface area contributed by atoms with Crippen LogP contribution in [0.5, 0.6) is 0 Å². The van der Waals surface area contributed by atoms with Gasteiger partial charge in [-0.2, -0.15) is 0 Å². The van der Waals surface area contributed by atoms with Crippen LogP contribution in [0.1, 0.15) is 49.1 Å². The molecule has 1 aliphatic carbocycles. The Labute approximate surface area is 154 Å². The van der Waals surface area contributed by atoms with Gasteiger partial charge < -0.3 is 10.3 Å². The minimum absolute atomic E-state index is 0.153. The highest BCUT2D eigenvalue weighted by atomic mass is 16.1.